The maximum Gasteiger partial charge on any atom is 0.313 e. The molecule has 2 heterocycles. The lowest BCUT2D eigenvalue weighted by molar-refractivity contribution is -0.136. The fourth-order valence-electron chi connectivity index (χ4n) is 2.68. The highest BCUT2D eigenvalue weighted by molar-refractivity contribution is 8.00. The van der Waals surface area contributed by atoms with Gasteiger partial charge in [0.2, 0.25) is 11.8 Å². The summed E-state index contributed by atoms with van der Waals surface area (Å²) in [6, 6.07) is 3.46. The summed E-state index contributed by atoms with van der Waals surface area (Å²) in [6.07, 6.45) is 0.153. The van der Waals surface area contributed by atoms with Crippen LogP contribution in [0.5, 0.6) is 0 Å². The van der Waals surface area contributed by atoms with Crippen molar-refractivity contribution in [2.75, 3.05) is 5.75 Å². The van der Waals surface area contributed by atoms with Crippen LogP contribution in [0.25, 0.3) is 0 Å². The number of nitrogens with zero attached hydrogens (tertiary/aromatic N) is 1. The molecule has 1 fully saturated rings. The predicted octanol–water partition coefficient (Wildman–Crippen LogP) is 0.265. The standard InChI is InChI=1S/C15H12N2O6S/c18-11-4-3-10(13(21)16-11)17-14(22)8-2-1-7(24-6-12(19)20)5-9(8)15(17)23/h1-2,5,10H,3-4,6H2,(H,19,20)(H,16,18,21). The van der Waals surface area contributed by atoms with Crippen molar-refractivity contribution in [1.82, 2.24) is 10.2 Å². The molecule has 0 aliphatic carbocycles. The molecule has 2 aliphatic rings. The van der Waals surface area contributed by atoms with Crippen molar-refractivity contribution >= 4 is 41.4 Å². The minimum Gasteiger partial charge on any atom is -0.481 e. The molecule has 124 valence electrons. The molecule has 1 unspecified atom stereocenters. The number of nitrogens with one attached hydrogen (secondary N) is 1. The molecule has 2 N–H and O–H groups in total. The smallest absolute Gasteiger partial charge is 0.313 e. The van der Waals surface area contributed by atoms with E-state index >= 15 is 0 Å². The van der Waals surface area contributed by atoms with Crippen LogP contribution in [0.15, 0.2) is 23.1 Å². The molecule has 4 amide bonds. The number of carbonyl (C=O) groups excluding carboxylic acids is 4. The van der Waals surface area contributed by atoms with Crippen molar-refractivity contribution in [2.24, 2.45) is 0 Å². The van der Waals surface area contributed by atoms with Crippen molar-refractivity contribution in [3.05, 3.63) is 29.3 Å². The van der Waals surface area contributed by atoms with Crippen LogP contribution in [0.3, 0.4) is 0 Å². The van der Waals surface area contributed by atoms with Gasteiger partial charge in [0.05, 0.1) is 16.9 Å². The van der Waals surface area contributed by atoms with Gasteiger partial charge in [-0.05, 0) is 24.6 Å². The van der Waals surface area contributed by atoms with Crippen molar-refractivity contribution in [1.29, 1.82) is 0 Å². The first-order chi connectivity index (χ1) is 11.4. The molecule has 2 aliphatic heterocycles. The molecular formula is C15H12N2O6S. The normalized spacial score (nSPS) is 20.2. The Morgan fingerprint density at radius 1 is 1.21 bits per heavy atom. The van der Waals surface area contributed by atoms with Crippen LogP contribution in [0, 0.1) is 0 Å². The minimum absolute atomic E-state index is 0.0591. The van der Waals surface area contributed by atoms with Gasteiger partial charge < -0.3 is 5.11 Å². The number of benzene rings is 1. The highest BCUT2D eigenvalue weighted by Crippen LogP contribution is 2.30. The third kappa shape index (κ3) is 2.78. The van der Waals surface area contributed by atoms with E-state index in [2.05, 4.69) is 5.32 Å². The van der Waals surface area contributed by atoms with Crippen molar-refractivity contribution in [3.8, 4) is 0 Å². The van der Waals surface area contributed by atoms with Crippen LogP contribution < -0.4 is 5.32 Å². The number of amides is 4. The Balaban J connectivity index is 1.86. The quantitative estimate of drug-likeness (QED) is 0.591. The lowest BCUT2D eigenvalue weighted by Gasteiger charge is -2.27. The summed E-state index contributed by atoms with van der Waals surface area (Å²) in [4.78, 5) is 60.2. The number of aliphatic carboxylic acids is 1. The topological polar surface area (TPSA) is 121 Å². The number of carbonyl (C=O) groups is 5. The van der Waals surface area contributed by atoms with E-state index in [0.29, 0.717) is 4.90 Å². The molecule has 3 rings (SSSR count). The molecular weight excluding hydrogens is 336 g/mol. The van der Waals surface area contributed by atoms with Gasteiger partial charge in [-0.3, -0.25) is 34.2 Å². The number of thioether (sulfide) groups is 1. The van der Waals surface area contributed by atoms with Crippen molar-refractivity contribution in [2.45, 2.75) is 23.8 Å². The molecule has 8 nitrogen and oxygen atoms in total. The Morgan fingerprint density at radius 3 is 2.58 bits per heavy atom. The zero-order valence-electron chi connectivity index (χ0n) is 12.3. The number of carboxylic acids is 1. The first kappa shape index (κ1) is 16.2. The van der Waals surface area contributed by atoms with Gasteiger partial charge in [-0.1, -0.05) is 0 Å². The van der Waals surface area contributed by atoms with Gasteiger partial charge in [-0.15, -0.1) is 11.8 Å². The lowest BCUT2D eigenvalue weighted by Crippen LogP contribution is -2.54. The Kier molecular flexibility index (Phi) is 4.10. The van der Waals surface area contributed by atoms with Crippen LogP contribution in [-0.2, 0) is 14.4 Å². The summed E-state index contributed by atoms with van der Waals surface area (Å²) in [7, 11) is 0. The van der Waals surface area contributed by atoms with Crippen LogP contribution in [0.4, 0.5) is 0 Å². The summed E-state index contributed by atoms with van der Waals surface area (Å²) < 4.78 is 0. The highest BCUT2D eigenvalue weighted by atomic mass is 32.2. The van der Waals surface area contributed by atoms with E-state index in [-0.39, 0.29) is 29.7 Å². The molecule has 1 saturated heterocycles. The first-order valence-electron chi connectivity index (χ1n) is 7.08. The average Bonchev–Trinajstić information content (AvgIpc) is 2.77. The molecule has 0 saturated carbocycles. The van der Waals surface area contributed by atoms with E-state index in [0.717, 1.165) is 16.7 Å². The maximum absolute atomic E-state index is 12.5. The van der Waals surface area contributed by atoms with Crippen molar-refractivity contribution in [3.63, 3.8) is 0 Å². The summed E-state index contributed by atoms with van der Waals surface area (Å²) >= 11 is 1.03. The number of rotatable bonds is 4. The fraction of sp³-hybridized carbons (Fsp3) is 0.267. The number of imide groups is 2. The Bertz CT molecular complexity index is 790. The average molecular weight is 348 g/mol. The van der Waals surface area contributed by atoms with Gasteiger partial charge in [0, 0.05) is 11.3 Å². The van der Waals surface area contributed by atoms with Gasteiger partial charge >= 0.3 is 5.97 Å². The monoisotopic (exact) mass is 348 g/mol. The maximum atomic E-state index is 12.5. The molecule has 1 aromatic carbocycles. The Hall–Kier alpha value is -2.68. The second-order valence-electron chi connectivity index (χ2n) is 5.34. The number of carboxylic acid groups (broad SMARTS) is 1. The van der Waals surface area contributed by atoms with Crippen LogP contribution >= 0.6 is 11.8 Å². The van der Waals surface area contributed by atoms with Crippen molar-refractivity contribution < 1.29 is 29.1 Å². The molecule has 1 atom stereocenters. The highest BCUT2D eigenvalue weighted by Gasteiger charge is 2.44. The molecule has 0 spiro atoms. The van der Waals surface area contributed by atoms with E-state index in [4.69, 9.17) is 5.11 Å². The van der Waals surface area contributed by atoms with E-state index in [1.807, 2.05) is 0 Å². The first-order valence-corrected chi connectivity index (χ1v) is 8.07. The fourth-order valence-corrected chi connectivity index (χ4v) is 3.34. The lowest BCUT2D eigenvalue weighted by atomic mass is 10.0. The summed E-state index contributed by atoms with van der Waals surface area (Å²) in [6.45, 7) is 0. The van der Waals surface area contributed by atoms with Gasteiger partial charge in [0.25, 0.3) is 11.8 Å². The SMILES string of the molecule is O=C(O)CSc1ccc2c(c1)C(=O)N(C1CCC(=O)NC1=O)C2=O. The number of piperidine rings is 1. The van der Waals surface area contributed by atoms with Gasteiger partial charge in [0.15, 0.2) is 0 Å². The van der Waals surface area contributed by atoms with Crippen LogP contribution in [-0.4, -0.2) is 51.4 Å². The van der Waals surface area contributed by atoms with Crippen LogP contribution in [0.2, 0.25) is 0 Å². The number of fused-ring (bicyclic) bond motifs is 1. The second-order valence-corrected chi connectivity index (χ2v) is 6.39. The van der Waals surface area contributed by atoms with E-state index in [9.17, 15) is 24.0 Å². The summed E-state index contributed by atoms with van der Waals surface area (Å²) in [5.74, 6) is -3.45. The Morgan fingerprint density at radius 2 is 1.92 bits per heavy atom. The molecule has 9 heteroatoms. The third-order valence-corrected chi connectivity index (χ3v) is 4.75. The largest absolute Gasteiger partial charge is 0.481 e. The Labute approximate surface area is 140 Å². The molecule has 1 aromatic rings. The number of hydrogen-bond donors (Lipinski definition) is 2. The molecule has 0 aromatic heterocycles. The summed E-state index contributed by atoms with van der Waals surface area (Å²) in [5.41, 5.74) is 0.310. The van der Waals surface area contributed by atoms with Gasteiger partial charge in [-0.25, -0.2) is 0 Å². The third-order valence-electron chi connectivity index (χ3n) is 3.77. The molecule has 24 heavy (non-hydrogen) atoms. The zero-order chi connectivity index (χ0) is 17.4. The molecule has 0 bridgehead atoms. The zero-order valence-corrected chi connectivity index (χ0v) is 13.1. The van der Waals surface area contributed by atoms with Gasteiger partial charge in [0.1, 0.15) is 6.04 Å². The summed E-state index contributed by atoms with van der Waals surface area (Å²) in [5, 5.41) is 10.8. The molecule has 0 radical (unpaired) electrons. The predicted molar refractivity (Wildman–Crippen MR) is 81.5 cm³/mol. The van der Waals surface area contributed by atoms with Gasteiger partial charge in [-0.2, -0.15) is 0 Å². The van der Waals surface area contributed by atoms with E-state index < -0.39 is 35.6 Å². The van der Waals surface area contributed by atoms with Crippen LogP contribution in [0.1, 0.15) is 33.6 Å². The second kappa shape index (κ2) is 6.08. The minimum atomic E-state index is -1.01. The number of hydrogen-bond acceptors (Lipinski definition) is 6. The van der Waals surface area contributed by atoms with E-state index in [1.54, 1.807) is 6.07 Å². The van der Waals surface area contributed by atoms with E-state index in [1.165, 1.54) is 12.1 Å².